The van der Waals surface area contributed by atoms with Gasteiger partial charge in [0.05, 0.1) is 21.1 Å². The lowest BCUT2D eigenvalue weighted by Crippen LogP contribution is -2.35. The third-order valence-corrected chi connectivity index (χ3v) is 6.32. The van der Waals surface area contributed by atoms with Gasteiger partial charge in [-0.2, -0.15) is 0 Å². The Bertz CT molecular complexity index is 977. The number of nitro groups is 1. The third kappa shape index (κ3) is 5.31. The van der Waals surface area contributed by atoms with E-state index in [1.165, 1.54) is 40.9 Å². The number of carbonyl (C=O) groups excluding carboxylic acids is 1. The molecule has 2 unspecified atom stereocenters. The summed E-state index contributed by atoms with van der Waals surface area (Å²) in [7, 11) is -2.18. The highest BCUT2D eigenvalue weighted by Gasteiger charge is 2.24. The Morgan fingerprint density at radius 2 is 1.79 bits per heavy atom. The number of non-ortho nitro benzene ring substituents is 1. The van der Waals surface area contributed by atoms with Crippen LogP contribution in [0.2, 0.25) is 0 Å². The maximum absolute atomic E-state index is 12.8. The SMILES string of the molecule is CC(Sc1ccc([N+](=O)[O-])cc1)C(=O)N(C)C(C)c1cccc(S(N)(=O)=O)c1. The van der Waals surface area contributed by atoms with Gasteiger partial charge in [0.25, 0.3) is 5.69 Å². The van der Waals surface area contributed by atoms with Crippen LogP contribution in [0, 0.1) is 10.1 Å². The van der Waals surface area contributed by atoms with E-state index in [1.54, 1.807) is 45.2 Å². The van der Waals surface area contributed by atoms with Crippen molar-refractivity contribution in [1.82, 2.24) is 4.90 Å². The van der Waals surface area contributed by atoms with E-state index in [4.69, 9.17) is 5.14 Å². The molecule has 0 spiro atoms. The van der Waals surface area contributed by atoms with Crippen LogP contribution in [0.3, 0.4) is 0 Å². The topological polar surface area (TPSA) is 124 Å². The summed E-state index contributed by atoms with van der Waals surface area (Å²) in [4.78, 5) is 25.3. The second kappa shape index (κ2) is 8.72. The van der Waals surface area contributed by atoms with Crippen molar-refractivity contribution in [2.75, 3.05) is 7.05 Å². The van der Waals surface area contributed by atoms with Crippen molar-refractivity contribution in [2.45, 2.75) is 34.9 Å². The van der Waals surface area contributed by atoms with Crippen molar-refractivity contribution >= 4 is 33.4 Å². The normalized spacial score (nSPS) is 13.6. The molecular weight excluding hydrogens is 402 g/mol. The number of rotatable bonds is 7. The Balaban J connectivity index is 2.11. The molecule has 0 heterocycles. The van der Waals surface area contributed by atoms with Gasteiger partial charge in [0.1, 0.15) is 0 Å². The van der Waals surface area contributed by atoms with Gasteiger partial charge in [0.2, 0.25) is 15.9 Å². The quantitative estimate of drug-likeness (QED) is 0.415. The molecule has 10 heteroatoms. The van der Waals surface area contributed by atoms with E-state index in [1.807, 2.05) is 0 Å². The number of nitrogens with zero attached hydrogens (tertiary/aromatic N) is 2. The van der Waals surface area contributed by atoms with Crippen LogP contribution in [0.15, 0.2) is 58.3 Å². The molecule has 2 N–H and O–H groups in total. The molecule has 2 rings (SSSR count). The van der Waals surface area contributed by atoms with E-state index < -0.39 is 20.2 Å². The molecule has 28 heavy (non-hydrogen) atoms. The van der Waals surface area contributed by atoms with Crippen molar-refractivity contribution in [3.05, 3.63) is 64.2 Å². The summed E-state index contributed by atoms with van der Waals surface area (Å²) in [5.74, 6) is -0.156. The molecule has 0 radical (unpaired) electrons. The Hall–Kier alpha value is -2.43. The number of hydrogen-bond acceptors (Lipinski definition) is 6. The number of hydrogen-bond donors (Lipinski definition) is 1. The summed E-state index contributed by atoms with van der Waals surface area (Å²) in [6.07, 6.45) is 0. The Labute approximate surface area is 167 Å². The first-order chi connectivity index (χ1) is 13.0. The van der Waals surface area contributed by atoms with Gasteiger partial charge < -0.3 is 4.90 Å². The maximum Gasteiger partial charge on any atom is 0.269 e. The molecule has 8 nitrogen and oxygen atoms in total. The molecule has 0 saturated heterocycles. The third-order valence-electron chi connectivity index (χ3n) is 4.31. The highest BCUT2D eigenvalue weighted by atomic mass is 32.2. The van der Waals surface area contributed by atoms with Crippen molar-refractivity contribution in [3.8, 4) is 0 Å². The van der Waals surface area contributed by atoms with Gasteiger partial charge in [0.15, 0.2) is 0 Å². The average Bonchev–Trinajstić information content (AvgIpc) is 2.66. The van der Waals surface area contributed by atoms with Crippen LogP contribution in [0.1, 0.15) is 25.5 Å². The Kier molecular flexibility index (Phi) is 6.81. The van der Waals surface area contributed by atoms with Crippen molar-refractivity contribution in [1.29, 1.82) is 0 Å². The van der Waals surface area contributed by atoms with Crippen molar-refractivity contribution in [2.24, 2.45) is 5.14 Å². The van der Waals surface area contributed by atoms with E-state index in [9.17, 15) is 23.3 Å². The predicted molar refractivity (Wildman–Crippen MR) is 107 cm³/mol. The van der Waals surface area contributed by atoms with Gasteiger partial charge in [-0.3, -0.25) is 14.9 Å². The zero-order valence-electron chi connectivity index (χ0n) is 15.6. The monoisotopic (exact) mass is 423 g/mol. The summed E-state index contributed by atoms with van der Waals surface area (Å²) < 4.78 is 23.1. The molecule has 0 aliphatic rings. The lowest BCUT2D eigenvalue weighted by Gasteiger charge is -2.28. The molecule has 0 bridgehead atoms. The number of carbonyl (C=O) groups is 1. The lowest BCUT2D eigenvalue weighted by atomic mass is 10.1. The molecule has 2 aromatic rings. The minimum atomic E-state index is -3.83. The molecule has 1 amide bonds. The number of sulfonamides is 1. The Morgan fingerprint density at radius 1 is 1.18 bits per heavy atom. The van der Waals surface area contributed by atoms with E-state index in [2.05, 4.69) is 0 Å². The van der Waals surface area contributed by atoms with Gasteiger partial charge in [-0.15, -0.1) is 11.8 Å². The number of primary sulfonamides is 1. The first-order valence-corrected chi connectivity index (χ1v) is 10.7. The number of nitro benzene ring substituents is 1. The predicted octanol–water partition coefficient (Wildman–Crippen LogP) is 2.94. The largest absolute Gasteiger partial charge is 0.338 e. The smallest absolute Gasteiger partial charge is 0.269 e. The zero-order valence-corrected chi connectivity index (χ0v) is 17.2. The van der Waals surface area contributed by atoms with Crippen molar-refractivity contribution < 1.29 is 18.1 Å². The second-order valence-electron chi connectivity index (χ2n) is 6.25. The van der Waals surface area contributed by atoms with Gasteiger partial charge in [-0.25, -0.2) is 13.6 Å². The van der Waals surface area contributed by atoms with E-state index in [0.717, 1.165) is 4.90 Å². The molecule has 0 aromatic heterocycles. The Morgan fingerprint density at radius 3 is 2.32 bits per heavy atom. The number of thioether (sulfide) groups is 1. The fraction of sp³-hybridized carbons (Fsp3) is 0.278. The standard InChI is InChI=1S/C18H21N3O5S2/c1-12(14-5-4-6-17(11-14)28(19,25)26)20(3)18(22)13(2)27-16-9-7-15(8-10-16)21(23)24/h4-13H,1-3H3,(H2,19,25,26). The fourth-order valence-electron chi connectivity index (χ4n) is 2.55. The molecule has 0 aliphatic heterocycles. The van der Waals surface area contributed by atoms with Crippen LogP contribution in [-0.4, -0.2) is 36.4 Å². The number of amides is 1. The minimum absolute atomic E-state index is 0.00833. The molecule has 150 valence electrons. The van der Waals surface area contributed by atoms with Crippen LogP contribution >= 0.6 is 11.8 Å². The number of nitrogens with two attached hydrogens (primary N) is 1. The van der Waals surface area contributed by atoms with Gasteiger partial charge in [-0.1, -0.05) is 12.1 Å². The summed E-state index contributed by atoms with van der Waals surface area (Å²) in [5, 5.41) is 15.5. The summed E-state index contributed by atoms with van der Waals surface area (Å²) >= 11 is 1.29. The number of benzene rings is 2. The molecule has 0 aliphatic carbocycles. The van der Waals surface area contributed by atoms with Crippen LogP contribution in [-0.2, 0) is 14.8 Å². The second-order valence-corrected chi connectivity index (χ2v) is 9.23. The van der Waals surface area contributed by atoms with E-state index in [0.29, 0.717) is 5.56 Å². The van der Waals surface area contributed by atoms with Crippen LogP contribution < -0.4 is 5.14 Å². The van der Waals surface area contributed by atoms with Crippen LogP contribution in [0.4, 0.5) is 5.69 Å². The lowest BCUT2D eigenvalue weighted by molar-refractivity contribution is -0.384. The first-order valence-electron chi connectivity index (χ1n) is 8.31. The molecule has 2 aromatic carbocycles. The van der Waals surface area contributed by atoms with Gasteiger partial charge >= 0.3 is 0 Å². The van der Waals surface area contributed by atoms with E-state index in [-0.39, 0.29) is 22.5 Å². The fourth-order valence-corrected chi connectivity index (χ4v) is 4.09. The molecular formula is C18H21N3O5S2. The van der Waals surface area contributed by atoms with Crippen LogP contribution in [0.25, 0.3) is 0 Å². The van der Waals surface area contributed by atoms with E-state index >= 15 is 0 Å². The summed E-state index contributed by atoms with van der Waals surface area (Å²) in [6.45, 7) is 3.54. The summed E-state index contributed by atoms with van der Waals surface area (Å²) in [6, 6.07) is 11.8. The summed E-state index contributed by atoms with van der Waals surface area (Å²) in [5.41, 5.74) is 0.638. The van der Waals surface area contributed by atoms with Gasteiger partial charge in [-0.05, 0) is 43.7 Å². The highest BCUT2D eigenvalue weighted by Crippen LogP contribution is 2.29. The average molecular weight is 424 g/mol. The van der Waals surface area contributed by atoms with Crippen LogP contribution in [0.5, 0.6) is 0 Å². The molecule has 0 fully saturated rings. The molecule has 2 atom stereocenters. The zero-order chi connectivity index (χ0) is 21.1. The molecule has 0 saturated carbocycles. The minimum Gasteiger partial charge on any atom is -0.338 e. The highest BCUT2D eigenvalue weighted by molar-refractivity contribution is 8.00. The van der Waals surface area contributed by atoms with Crippen molar-refractivity contribution in [3.63, 3.8) is 0 Å². The maximum atomic E-state index is 12.8. The first kappa shape index (κ1) is 21.9. The van der Waals surface area contributed by atoms with Gasteiger partial charge in [0, 0.05) is 24.1 Å².